The van der Waals surface area contributed by atoms with Gasteiger partial charge in [-0.3, -0.25) is 4.79 Å². The van der Waals surface area contributed by atoms with Gasteiger partial charge in [-0.2, -0.15) is 0 Å². The molecule has 0 saturated carbocycles. The number of anilines is 2. The molecule has 0 aliphatic carbocycles. The van der Waals surface area contributed by atoms with Crippen molar-refractivity contribution in [3.05, 3.63) is 54.2 Å². The van der Waals surface area contributed by atoms with Gasteiger partial charge < -0.3 is 10.2 Å². The van der Waals surface area contributed by atoms with Crippen LogP contribution in [-0.4, -0.2) is 22.3 Å². The molecule has 21 heavy (non-hydrogen) atoms. The number of nitrogens with zero attached hydrogens (tertiary/aromatic N) is 2. The molecule has 2 heterocycles. The second-order valence-corrected chi connectivity index (χ2v) is 5.34. The number of para-hydroxylation sites is 1. The van der Waals surface area contributed by atoms with Crippen LogP contribution >= 0.6 is 0 Å². The van der Waals surface area contributed by atoms with Crippen LogP contribution in [0.25, 0.3) is 0 Å². The maximum Gasteiger partial charge on any atom is 0.219 e. The van der Waals surface area contributed by atoms with Crippen molar-refractivity contribution in [2.75, 3.05) is 11.9 Å². The molecule has 0 unspecified atom stereocenters. The second kappa shape index (κ2) is 5.95. The lowest BCUT2D eigenvalue weighted by atomic mass is 10.1. The summed E-state index contributed by atoms with van der Waals surface area (Å²) in [4.78, 5) is 18.0. The molecule has 4 nitrogen and oxygen atoms in total. The van der Waals surface area contributed by atoms with Crippen LogP contribution in [0.3, 0.4) is 0 Å². The summed E-state index contributed by atoms with van der Waals surface area (Å²) in [5.74, 6) is 0.960. The Morgan fingerprint density at radius 3 is 2.71 bits per heavy atom. The van der Waals surface area contributed by atoms with Gasteiger partial charge >= 0.3 is 0 Å². The molecule has 1 fully saturated rings. The van der Waals surface area contributed by atoms with E-state index in [-0.39, 0.29) is 11.9 Å². The highest BCUT2D eigenvalue weighted by atomic mass is 16.2. The topological polar surface area (TPSA) is 45.2 Å². The van der Waals surface area contributed by atoms with E-state index in [9.17, 15) is 4.79 Å². The summed E-state index contributed by atoms with van der Waals surface area (Å²) in [7, 11) is 0. The van der Waals surface area contributed by atoms with Gasteiger partial charge in [-0.15, -0.1) is 0 Å². The largest absolute Gasteiger partial charge is 0.340 e. The predicted molar refractivity (Wildman–Crippen MR) is 83.3 cm³/mol. The fourth-order valence-electron chi connectivity index (χ4n) is 2.84. The first-order valence-electron chi connectivity index (χ1n) is 7.29. The van der Waals surface area contributed by atoms with E-state index in [1.54, 1.807) is 6.92 Å². The van der Waals surface area contributed by atoms with Gasteiger partial charge in [-0.25, -0.2) is 4.98 Å². The summed E-state index contributed by atoms with van der Waals surface area (Å²) in [5.41, 5.74) is 2.13. The number of amides is 1. The summed E-state index contributed by atoms with van der Waals surface area (Å²) in [6.07, 6.45) is 3.96. The molecule has 1 aromatic heterocycles. The average Bonchev–Trinajstić information content (AvgIpc) is 2.99. The molecule has 1 amide bonds. The summed E-state index contributed by atoms with van der Waals surface area (Å²) in [6, 6.07) is 14.2. The van der Waals surface area contributed by atoms with E-state index >= 15 is 0 Å². The lowest BCUT2D eigenvalue weighted by Crippen LogP contribution is -2.28. The Labute approximate surface area is 124 Å². The first-order valence-corrected chi connectivity index (χ1v) is 7.29. The van der Waals surface area contributed by atoms with E-state index in [0.717, 1.165) is 36.5 Å². The molecule has 3 rings (SSSR count). The zero-order chi connectivity index (χ0) is 14.7. The summed E-state index contributed by atoms with van der Waals surface area (Å²) < 4.78 is 0. The van der Waals surface area contributed by atoms with E-state index < -0.39 is 0 Å². The highest BCUT2D eigenvalue weighted by Gasteiger charge is 2.27. The Hall–Kier alpha value is -2.36. The number of hydrogen-bond acceptors (Lipinski definition) is 3. The number of benzene rings is 1. The standard InChI is InChI=1S/C17H19N3O/c1-13(21)20-11-5-8-16(20)14-9-10-17(18-12-14)19-15-6-3-2-4-7-15/h2-4,6-7,9-10,12,16H,5,8,11H2,1H3,(H,18,19)/t16-/m0/s1. The molecule has 0 radical (unpaired) electrons. The Bertz CT molecular complexity index is 610. The van der Waals surface area contributed by atoms with Crippen molar-refractivity contribution in [2.45, 2.75) is 25.8 Å². The third kappa shape index (κ3) is 3.05. The van der Waals surface area contributed by atoms with Gasteiger partial charge in [0.15, 0.2) is 0 Å². The van der Waals surface area contributed by atoms with Crippen LogP contribution in [0.15, 0.2) is 48.7 Å². The van der Waals surface area contributed by atoms with Gasteiger partial charge in [0.25, 0.3) is 0 Å². The van der Waals surface area contributed by atoms with Crippen molar-refractivity contribution in [1.82, 2.24) is 9.88 Å². The molecular weight excluding hydrogens is 262 g/mol. The Balaban J connectivity index is 1.73. The number of nitrogens with one attached hydrogen (secondary N) is 1. The second-order valence-electron chi connectivity index (χ2n) is 5.34. The number of likely N-dealkylation sites (tertiary alicyclic amines) is 1. The molecule has 4 heteroatoms. The first-order chi connectivity index (χ1) is 10.2. The number of pyridine rings is 1. The van der Waals surface area contributed by atoms with Crippen molar-refractivity contribution in [2.24, 2.45) is 0 Å². The number of aromatic nitrogens is 1. The van der Waals surface area contributed by atoms with E-state index in [1.807, 2.05) is 47.5 Å². The van der Waals surface area contributed by atoms with Crippen LogP contribution < -0.4 is 5.32 Å². The van der Waals surface area contributed by atoms with Gasteiger partial charge in [0.1, 0.15) is 5.82 Å². The number of rotatable bonds is 3. The van der Waals surface area contributed by atoms with Crippen LogP contribution in [0.2, 0.25) is 0 Å². The van der Waals surface area contributed by atoms with E-state index in [0.29, 0.717) is 0 Å². The van der Waals surface area contributed by atoms with Crippen LogP contribution in [0.4, 0.5) is 11.5 Å². The first kappa shape index (κ1) is 13.6. The lowest BCUT2D eigenvalue weighted by molar-refractivity contribution is -0.129. The summed E-state index contributed by atoms with van der Waals surface area (Å²) in [6.45, 7) is 2.49. The van der Waals surface area contributed by atoms with Gasteiger partial charge in [0.05, 0.1) is 6.04 Å². The maximum atomic E-state index is 11.6. The molecule has 1 aromatic carbocycles. The molecule has 1 aliphatic rings. The minimum atomic E-state index is 0.143. The minimum Gasteiger partial charge on any atom is -0.340 e. The van der Waals surface area contributed by atoms with Crippen molar-refractivity contribution in [3.63, 3.8) is 0 Å². The molecule has 1 N–H and O–H groups in total. The van der Waals surface area contributed by atoms with Crippen molar-refractivity contribution < 1.29 is 4.79 Å². The predicted octanol–water partition coefficient (Wildman–Crippen LogP) is 3.51. The Morgan fingerprint density at radius 2 is 2.05 bits per heavy atom. The third-order valence-corrected chi connectivity index (χ3v) is 3.87. The summed E-state index contributed by atoms with van der Waals surface area (Å²) >= 11 is 0. The molecule has 1 atom stereocenters. The maximum absolute atomic E-state index is 11.6. The molecule has 0 bridgehead atoms. The fraction of sp³-hybridized carbons (Fsp3) is 0.294. The highest BCUT2D eigenvalue weighted by molar-refractivity contribution is 5.74. The number of carbonyl (C=O) groups is 1. The van der Waals surface area contributed by atoms with Crippen molar-refractivity contribution in [1.29, 1.82) is 0 Å². The zero-order valence-electron chi connectivity index (χ0n) is 12.1. The quantitative estimate of drug-likeness (QED) is 0.936. The SMILES string of the molecule is CC(=O)N1CCC[C@H]1c1ccc(Nc2ccccc2)nc1. The third-order valence-electron chi connectivity index (χ3n) is 3.87. The minimum absolute atomic E-state index is 0.143. The lowest BCUT2D eigenvalue weighted by Gasteiger charge is -2.23. The smallest absolute Gasteiger partial charge is 0.219 e. The van der Waals surface area contributed by atoms with Crippen molar-refractivity contribution in [3.8, 4) is 0 Å². The molecular formula is C17H19N3O. The van der Waals surface area contributed by atoms with E-state index in [2.05, 4.69) is 16.4 Å². The van der Waals surface area contributed by atoms with Gasteiger partial charge in [-0.1, -0.05) is 24.3 Å². The Kier molecular flexibility index (Phi) is 3.86. The number of carbonyl (C=O) groups excluding carboxylic acids is 1. The molecule has 1 saturated heterocycles. The van der Waals surface area contributed by atoms with Gasteiger partial charge in [-0.05, 0) is 36.6 Å². The van der Waals surface area contributed by atoms with E-state index in [4.69, 9.17) is 0 Å². The molecule has 2 aromatic rings. The fourth-order valence-corrected chi connectivity index (χ4v) is 2.84. The Morgan fingerprint density at radius 1 is 1.24 bits per heavy atom. The average molecular weight is 281 g/mol. The van der Waals surface area contributed by atoms with Crippen LogP contribution in [0.1, 0.15) is 31.4 Å². The van der Waals surface area contributed by atoms with Crippen LogP contribution in [0.5, 0.6) is 0 Å². The summed E-state index contributed by atoms with van der Waals surface area (Å²) in [5, 5.41) is 3.26. The van der Waals surface area contributed by atoms with Crippen molar-refractivity contribution >= 4 is 17.4 Å². The molecule has 1 aliphatic heterocycles. The highest BCUT2D eigenvalue weighted by Crippen LogP contribution is 2.31. The van der Waals surface area contributed by atoms with Crippen LogP contribution in [-0.2, 0) is 4.79 Å². The monoisotopic (exact) mass is 281 g/mol. The normalized spacial score (nSPS) is 17.8. The van der Waals surface area contributed by atoms with E-state index in [1.165, 1.54) is 0 Å². The molecule has 108 valence electrons. The molecule has 0 spiro atoms. The van der Waals surface area contributed by atoms with Gasteiger partial charge in [0.2, 0.25) is 5.91 Å². The zero-order valence-corrected chi connectivity index (χ0v) is 12.1. The van der Waals surface area contributed by atoms with Gasteiger partial charge in [0, 0.05) is 25.4 Å². The van der Waals surface area contributed by atoms with Crippen LogP contribution in [0, 0.1) is 0 Å². The number of hydrogen-bond donors (Lipinski definition) is 1.